The molecule has 0 aliphatic rings. The molecular formula is C22H26ClN5O4. The van der Waals surface area contributed by atoms with Gasteiger partial charge in [-0.3, -0.25) is 24.0 Å². The smallest absolute Gasteiger partial charge is 0.330 e. The highest BCUT2D eigenvalue weighted by Gasteiger charge is 2.26. The number of benzene rings is 1. The van der Waals surface area contributed by atoms with Crippen LogP contribution in [-0.4, -0.2) is 40.7 Å². The van der Waals surface area contributed by atoms with E-state index in [4.69, 9.17) is 22.1 Å². The molecular weight excluding hydrogens is 434 g/mol. The summed E-state index contributed by atoms with van der Waals surface area (Å²) in [5.41, 5.74) is 4.84. The van der Waals surface area contributed by atoms with Crippen LogP contribution in [0.25, 0.3) is 10.8 Å². The summed E-state index contributed by atoms with van der Waals surface area (Å²) < 4.78 is 6.36. The fourth-order valence-corrected chi connectivity index (χ4v) is 3.73. The molecule has 0 fully saturated rings. The number of ether oxygens (including phenoxy) is 1. The fourth-order valence-electron chi connectivity index (χ4n) is 3.47. The highest BCUT2D eigenvalue weighted by Crippen LogP contribution is 2.25. The molecule has 0 bridgehead atoms. The van der Waals surface area contributed by atoms with Crippen molar-refractivity contribution in [1.29, 1.82) is 0 Å². The van der Waals surface area contributed by atoms with E-state index in [2.05, 4.69) is 9.97 Å². The Kier molecular flexibility index (Phi) is 7.32. The molecule has 0 spiro atoms. The molecule has 0 aliphatic heterocycles. The summed E-state index contributed by atoms with van der Waals surface area (Å²) in [5.74, 6) is -0.543. The fraction of sp³-hybridized carbons (Fsp3) is 0.364. The maximum Gasteiger partial charge on any atom is 0.330 e. The first-order chi connectivity index (χ1) is 15.2. The number of nitrogens with zero attached hydrogens (tertiary/aromatic N) is 3. The number of anilines is 2. The van der Waals surface area contributed by atoms with Crippen molar-refractivity contribution in [1.82, 2.24) is 14.5 Å². The van der Waals surface area contributed by atoms with Crippen LogP contribution in [-0.2, 0) is 11.3 Å². The molecule has 32 heavy (non-hydrogen) atoms. The van der Waals surface area contributed by atoms with Gasteiger partial charge in [-0.1, -0.05) is 49.7 Å². The Labute approximate surface area is 189 Å². The molecule has 9 nitrogen and oxygen atoms in total. The zero-order chi connectivity index (χ0) is 23.4. The van der Waals surface area contributed by atoms with E-state index in [1.165, 1.54) is 9.47 Å². The van der Waals surface area contributed by atoms with Crippen molar-refractivity contribution < 1.29 is 9.53 Å². The molecule has 0 saturated carbocycles. The van der Waals surface area contributed by atoms with Crippen molar-refractivity contribution in [3.8, 4) is 0 Å². The van der Waals surface area contributed by atoms with E-state index in [0.29, 0.717) is 18.4 Å². The maximum absolute atomic E-state index is 13.5. The number of methoxy groups -OCH3 is 1. The van der Waals surface area contributed by atoms with Crippen LogP contribution in [0.2, 0.25) is 5.15 Å². The van der Waals surface area contributed by atoms with E-state index in [9.17, 15) is 14.4 Å². The number of fused-ring (bicyclic) bond motifs is 1. The lowest BCUT2D eigenvalue weighted by Gasteiger charge is -2.25. The number of aromatic amines is 1. The van der Waals surface area contributed by atoms with E-state index in [-0.39, 0.29) is 41.4 Å². The van der Waals surface area contributed by atoms with E-state index in [1.807, 2.05) is 32.0 Å². The average molecular weight is 460 g/mol. The molecule has 3 rings (SSSR count). The summed E-state index contributed by atoms with van der Waals surface area (Å²) in [6.45, 7) is 4.61. The molecule has 2 heterocycles. The first-order valence-corrected chi connectivity index (χ1v) is 10.6. The number of hydrogen-bond acceptors (Lipinski definition) is 6. The highest BCUT2D eigenvalue weighted by molar-refractivity contribution is 6.34. The van der Waals surface area contributed by atoms with Gasteiger partial charge >= 0.3 is 5.69 Å². The van der Waals surface area contributed by atoms with Gasteiger partial charge in [0.1, 0.15) is 16.7 Å². The van der Waals surface area contributed by atoms with Gasteiger partial charge < -0.3 is 10.5 Å². The van der Waals surface area contributed by atoms with Crippen LogP contribution in [0.5, 0.6) is 0 Å². The van der Waals surface area contributed by atoms with Gasteiger partial charge in [0.15, 0.2) is 5.69 Å². The first-order valence-electron chi connectivity index (χ1n) is 10.2. The summed E-state index contributed by atoms with van der Waals surface area (Å²) >= 11 is 6.31. The SMILES string of the molecule is COCCCN(C(=O)c1cc2ccccc2c(Cl)n1)c1c(N)n(CC(C)C)c(=O)[nH]c1=O. The second-order valence-corrected chi connectivity index (χ2v) is 8.18. The van der Waals surface area contributed by atoms with Gasteiger partial charge in [-0.15, -0.1) is 0 Å². The Balaban J connectivity index is 2.15. The number of rotatable bonds is 8. The van der Waals surface area contributed by atoms with Crippen LogP contribution < -0.4 is 21.9 Å². The number of carbonyl (C=O) groups is 1. The Hall–Kier alpha value is -3.17. The molecule has 3 N–H and O–H groups in total. The number of aromatic nitrogens is 3. The van der Waals surface area contributed by atoms with Crippen molar-refractivity contribution in [3.63, 3.8) is 0 Å². The lowest BCUT2D eigenvalue weighted by atomic mass is 10.1. The molecule has 0 atom stereocenters. The molecule has 10 heteroatoms. The average Bonchev–Trinajstić information content (AvgIpc) is 2.75. The number of hydrogen-bond donors (Lipinski definition) is 2. The molecule has 0 radical (unpaired) electrons. The molecule has 2 aromatic heterocycles. The predicted molar refractivity (Wildman–Crippen MR) is 125 cm³/mol. The van der Waals surface area contributed by atoms with Gasteiger partial charge in [0, 0.05) is 32.2 Å². The van der Waals surface area contributed by atoms with E-state index in [0.717, 1.165) is 5.39 Å². The third-order valence-electron chi connectivity index (χ3n) is 4.92. The number of H-pyrrole nitrogens is 1. The zero-order valence-electron chi connectivity index (χ0n) is 18.2. The minimum atomic E-state index is -0.745. The molecule has 1 aromatic carbocycles. The number of nitrogens with two attached hydrogens (primary N) is 1. The minimum Gasteiger partial charge on any atom is -0.385 e. The Bertz CT molecular complexity index is 1250. The van der Waals surface area contributed by atoms with Gasteiger partial charge in [-0.2, -0.15) is 0 Å². The second-order valence-electron chi connectivity index (χ2n) is 7.82. The summed E-state index contributed by atoms with van der Waals surface area (Å²) in [7, 11) is 1.54. The number of nitrogen functional groups attached to an aromatic ring is 1. The zero-order valence-corrected chi connectivity index (χ0v) is 19.0. The Morgan fingerprint density at radius 1 is 1.31 bits per heavy atom. The predicted octanol–water partition coefficient (Wildman–Crippen LogP) is 2.66. The second kappa shape index (κ2) is 9.97. The van der Waals surface area contributed by atoms with E-state index >= 15 is 0 Å². The van der Waals surface area contributed by atoms with Crippen LogP contribution in [0, 0.1) is 5.92 Å². The monoisotopic (exact) mass is 459 g/mol. The number of pyridine rings is 1. The Morgan fingerprint density at radius 2 is 2.03 bits per heavy atom. The summed E-state index contributed by atoms with van der Waals surface area (Å²) in [6, 6.07) is 8.89. The number of halogens is 1. The van der Waals surface area contributed by atoms with Gasteiger partial charge in [0.25, 0.3) is 11.5 Å². The van der Waals surface area contributed by atoms with Gasteiger partial charge in [-0.25, -0.2) is 9.78 Å². The lowest BCUT2D eigenvalue weighted by Crippen LogP contribution is -2.42. The maximum atomic E-state index is 13.5. The molecule has 170 valence electrons. The van der Waals surface area contributed by atoms with Gasteiger partial charge in [-0.05, 0) is 23.8 Å². The molecule has 0 saturated heterocycles. The van der Waals surface area contributed by atoms with Crippen molar-refractivity contribution in [2.45, 2.75) is 26.8 Å². The Morgan fingerprint density at radius 3 is 2.72 bits per heavy atom. The molecule has 0 aliphatic carbocycles. The highest BCUT2D eigenvalue weighted by atomic mass is 35.5. The number of nitrogens with one attached hydrogen (secondary N) is 1. The third-order valence-corrected chi connectivity index (χ3v) is 5.21. The summed E-state index contributed by atoms with van der Waals surface area (Å²) in [5, 5.41) is 1.62. The number of carbonyl (C=O) groups excluding carboxylic acids is 1. The molecule has 3 aromatic rings. The molecule has 1 amide bonds. The minimum absolute atomic E-state index is 0.0616. The topological polar surface area (TPSA) is 123 Å². The number of amides is 1. The van der Waals surface area contributed by atoms with Crippen LogP contribution in [0.15, 0.2) is 39.9 Å². The van der Waals surface area contributed by atoms with Gasteiger partial charge in [0.05, 0.1) is 0 Å². The molecule has 0 unspecified atom stereocenters. The quantitative estimate of drug-likeness (QED) is 0.394. The van der Waals surface area contributed by atoms with E-state index < -0.39 is 17.2 Å². The largest absolute Gasteiger partial charge is 0.385 e. The van der Waals surface area contributed by atoms with Crippen molar-refractivity contribution in [2.24, 2.45) is 5.92 Å². The third kappa shape index (κ3) is 4.84. The van der Waals surface area contributed by atoms with Crippen LogP contribution in [0.4, 0.5) is 11.5 Å². The summed E-state index contributed by atoms with van der Waals surface area (Å²) in [6.07, 6.45) is 0.436. The standard InChI is InChI=1S/C22H26ClN5O4/c1-13(2)12-28-19(24)17(20(29)26-22(28)31)27(9-6-10-32-3)21(30)16-11-14-7-4-5-8-15(14)18(23)25-16/h4-5,7-8,11,13H,6,9-10,12,24H2,1-3H3,(H,26,29,31). The van der Waals surface area contributed by atoms with Crippen LogP contribution in [0.1, 0.15) is 30.8 Å². The van der Waals surface area contributed by atoms with Crippen molar-refractivity contribution >= 4 is 39.8 Å². The van der Waals surface area contributed by atoms with Crippen molar-refractivity contribution in [2.75, 3.05) is 30.9 Å². The summed E-state index contributed by atoms with van der Waals surface area (Å²) in [4.78, 5) is 46.4. The van der Waals surface area contributed by atoms with Crippen LogP contribution in [0.3, 0.4) is 0 Å². The normalized spacial score (nSPS) is 11.3. The lowest BCUT2D eigenvalue weighted by molar-refractivity contribution is 0.0978. The first kappa shape index (κ1) is 23.5. The van der Waals surface area contributed by atoms with Crippen molar-refractivity contribution in [3.05, 3.63) is 62.0 Å². The van der Waals surface area contributed by atoms with E-state index in [1.54, 1.807) is 19.2 Å². The van der Waals surface area contributed by atoms with Gasteiger partial charge in [0.2, 0.25) is 0 Å². The van der Waals surface area contributed by atoms with Crippen LogP contribution >= 0.6 is 11.6 Å².